The molecule has 0 saturated carbocycles. The van der Waals surface area contributed by atoms with Crippen molar-refractivity contribution in [3.8, 4) is 114 Å². The number of benzene rings is 11. The van der Waals surface area contributed by atoms with Gasteiger partial charge in [0.2, 0.25) is 0 Å². The molecule has 11 aromatic carbocycles. The lowest BCUT2D eigenvalue weighted by atomic mass is 9.96. The Labute approximate surface area is 472 Å². The summed E-state index contributed by atoms with van der Waals surface area (Å²) in [5.74, 6) is 0.528. The number of nitrogens with zero attached hydrogens (tertiary/aromatic N) is 8. The van der Waals surface area contributed by atoms with Crippen molar-refractivity contribution in [1.29, 1.82) is 21.0 Å². The third-order valence-corrected chi connectivity index (χ3v) is 15.6. The molecule has 0 aliphatic rings. The Morgan fingerprint density at radius 1 is 0.256 bits per heavy atom. The highest BCUT2D eigenvalue weighted by atomic mass is 15.0. The zero-order chi connectivity index (χ0) is 55.3. The van der Waals surface area contributed by atoms with E-state index >= 15 is 0 Å². The lowest BCUT2D eigenvalue weighted by Crippen LogP contribution is -2.03. The minimum Gasteiger partial charge on any atom is -0.309 e. The molecular formula is C74H42N8. The van der Waals surface area contributed by atoms with E-state index in [1.54, 1.807) is 0 Å². The van der Waals surface area contributed by atoms with E-state index in [-0.39, 0.29) is 0 Å². The third-order valence-electron chi connectivity index (χ3n) is 15.6. The van der Waals surface area contributed by atoms with Gasteiger partial charge in [-0.05, 0) is 142 Å². The highest BCUT2D eigenvalue weighted by molar-refractivity contribution is 6.14. The van der Waals surface area contributed by atoms with E-state index in [2.05, 4.69) is 155 Å². The Hall–Kier alpha value is -11.9. The van der Waals surface area contributed by atoms with Crippen LogP contribution in [0.25, 0.3) is 133 Å². The van der Waals surface area contributed by atoms with Crippen LogP contribution in [0.15, 0.2) is 255 Å². The molecule has 0 fully saturated rings. The summed E-state index contributed by atoms with van der Waals surface area (Å²) in [5, 5.41) is 44.8. The second kappa shape index (κ2) is 20.1. The van der Waals surface area contributed by atoms with Gasteiger partial charge in [0.15, 0.2) is 5.82 Å². The maximum Gasteiger partial charge on any atom is 0.162 e. The monoisotopic (exact) mass is 1040 g/mol. The molecule has 0 unspecified atom stereocenters. The number of nitriles is 4. The van der Waals surface area contributed by atoms with Crippen LogP contribution in [0.1, 0.15) is 22.3 Å². The lowest BCUT2D eigenvalue weighted by molar-refractivity contribution is 1.13. The second-order valence-corrected chi connectivity index (χ2v) is 20.1. The summed E-state index contributed by atoms with van der Waals surface area (Å²) in [7, 11) is 0. The molecule has 3 aromatic heterocycles. The molecule has 14 aromatic rings. The summed E-state index contributed by atoms with van der Waals surface area (Å²) >= 11 is 0. The fourth-order valence-electron chi connectivity index (χ4n) is 11.8. The third kappa shape index (κ3) is 8.13. The Morgan fingerprint density at radius 3 is 0.939 bits per heavy atom. The number of fused-ring (bicyclic) bond motifs is 6. The molecule has 0 spiro atoms. The van der Waals surface area contributed by atoms with Gasteiger partial charge in [0.25, 0.3) is 0 Å². The Bertz CT molecular complexity index is 4580. The summed E-state index contributed by atoms with van der Waals surface area (Å²) in [5.41, 5.74) is 19.1. The Balaban J connectivity index is 0.994. The first-order valence-electron chi connectivity index (χ1n) is 26.8. The normalized spacial score (nSPS) is 11.1. The molecule has 378 valence electrons. The highest BCUT2D eigenvalue weighted by Gasteiger charge is 2.23. The van der Waals surface area contributed by atoms with Gasteiger partial charge < -0.3 is 9.13 Å². The van der Waals surface area contributed by atoms with Gasteiger partial charge in [-0.3, -0.25) is 0 Å². The summed E-state index contributed by atoms with van der Waals surface area (Å²) in [6.07, 6.45) is 0. The first kappa shape index (κ1) is 48.4. The topological polar surface area (TPSA) is 131 Å². The number of para-hydroxylation sites is 2. The molecule has 0 aliphatic heterocycles. The molecule has 8 nitrogen and oxygen atoms in total. The SMILES string of the molecule is N#Cc1ccccc1-c1ccc2c(c1)c1cc(-c3ccccc3C#N)ccc1n2-c1ccccc1-c1cc(-c2ccccc2)nc(-c2ccccc2-n2c3ccc(-c4ccccc4C#N)cc3c3cc(-c4ccccc4C#N)ccc32)n1. The molecular weight excluding hydrogens is 1000 g/mol. The molecule has 8 heteroatoms. The molecule has 0 radical (unpaired) electrons. The van der Waals surface area contributed by atoms with Crippen molar-refractivity contribution in [3.05, 3.63) is 277 Å². The van der Waals surface area contributed by atoms with Gasteiger partial charge >= 0.3 is 0 Å². The largest absolute Gasteiger partial charge is 0.309 e. The number of aromatic nitrogens is 4. The molecule has 14 rings (SSSR count). The van der Waals surface area contributed by atoms with E-state index in [9.17, 15) is 21.0 Å². The van der Waals surface area contributed by atoms with Crippen molar-refractivity contribution < 1.29 is 0 Å². The van der Waals surface area contributed by atoms with Crippen LogP contribution in [0.2, 0.25) is 0 Å². The van der Waals surface area contributed by atoms with Crippen LogP contribution in [-0.2, 0) is 0 Å². The van der Waals surface area contributed by atoms with Crippen LogP contribution in [0.4, 0.5) is 0 Å². The predicted molar refractivity (Wildman–Crippen MR) is 328 cm³/mol. The Morgan fingerprint density at radius 2 is 0.561 bits per heavy atom. The standard InChI is InChI=1S/C74H42N8/c75-43-52-18-4-8-22-56(52)48-30-34-70-62(38-48)63-39-49(57-23-9-5-19-53(57)44-76)31-35-71(63)81(70)68-28-14-12-26-60(68)67-42-66(47-16-2-1-3-17-47)79-74(80-67)61-27-13-15-29-69(61)82-72-36-32-50(58-24-10-6-20-54(58)45-77)40-64(72)65-41-51(33-37-73(65)82)59-25-11-7-21-55(59)46-78/h1-42H. The molecule has 0 saturated heterocycles. The van der Waals surface area contributed by atoms with Crippen LogP contribution < -0.4 is 0 Å². The van der Waals surface area contributed by atoms with Crippen LogP contribution in [-0.4, -0.2) is 19.1 Å². The van der Waals surface area contributed by atoms with Crippen molar-refractivity contribution >= 4 is 43.6 Å². The van der Waals surface area contributed by atoms with Crippen molar-refractivity contribution in [2.24, 2.45) is 0 Å². The average Bonchev–Trinajstić information content (AvgIpc) is 2.93. The first-order chi connectivity index (χ1) is 40.5. The van der Waals surface area contributed by atoms with Gasteiger partial charge in [-0.25, -0.2) is 9.97 Å². The van der Waals surface area contributed by atoms with Crippen molar-refractivity contribution in [3.63, 3.8) is 0 Å². The first-order valence-corrected chi connectivity index (χ1v) is 26.8. The van der Waals surface area contributed by atoms with E-state index in [1.807, 2.05) is 133 Å². The number of rotatable bonds is 9. The molecule has 0 N–H and O–H groups in total. The summed E-state index contributed by atoms with van der Waals surface area (Å²) in [4.78, 5) is 11.0. The predicted octanol–water partition coefficient (Wildman–Crippen LogP) is 17.8. The maximum atomic E-state index is 10.2. The fourth-order valence-corrected chi connectivity index (χ4v) is 11.8. The maximum absolute atomic E-state index is 10.2. The summed E-state index contributed by atoms with van der Waals surface area (Å²) in [6, 6.07) is 94.7. The van der Waals surface area contributed by atoms with Crippen molar-refractivity contribution in [2.45, 2.75) is 0 Å². The van der Waals surface area contributed by atoms with Crippen LogP contribution in [0, 0.1) is 45.3 Å². The van der Waals surface area contributed by atoms with Gasteiger partial charge in [-0.15, -0.1) is 0 Å². The number of hydrogen-bond acceptors (Lipinski definition) is 6. The smallest absolute Gasteiger partial charge is 0.162 e. The van der Waals surface area contributed by atoms with Crippen LogP contribution >= 0.6 is 0 Å². The van der Waals surface area contributed by atoms with Gasteiger partial charge in [0.05, 0.1) is 91.4 Å². The van der Waals surface area contributed by atoms with Gasteiger partial charge in [0, 0.05) is 38.2 Å². The molecule has 0 amide bonds. The molecule has 0 aliphatic carbocycles. The minimum atomic E-state index is 0.528. The van der Waals surface area contributed by atoms with Gasteiger partial charge in [0.1, 0.15) is 0 Å². The van der Waals surface area contributed by atoms with E-state index in [0.29, 0.717) is 33.8 Å². The lowest BCUT2D eigenvalue weighted by Gasteiger charge is -2.17. The van der Waals surface area contributed by atoms with Gasteiger partial charge in [-0.1, -0.05) is 158 Å². The zero-order valence-corrected chi connectivity index (χ0v) is 43.8. The van der Waals surface area contributed by atoms with E-state index in [4.69, 9.17) is 9.97 Å². The van der Waals surface area contributed by atoms with Gasteiger partial charge in [-0.2, -0.15) is 21.0 Å². The second-order valence-electron chi connectivity index (χ2n) is 20.1. The fraction of sp³-hybridized carbons (Fsp3) is 0. The molecule has 82 heavy (non-hydrogen) atoms. The average molecular weight is 1040 g/mol. The Kier molecular flexibility index (Phi) is 11.9. The van der Waals surface area contributed by atoms with Crippen LogP contribution in [0.5, 0.6) is 0 Å². The highest BCUT2D eigenvalue weighted by Crippen LogP contribution is 2.43. The van der Waals surface area contributed by atoms with Crippen LogP contribution in [0.3, 0.4) is 0 Å². The minimum absolute atomic E-state index is 0.528. The summed E-state index contributed by atoms with van der Waals surface area (Å²) < 4.78 is 4.57. The van der Waals surface area contributed by atoms with Crippen molar-refractivity contribution in [1.82, 2.24) is 19.1 Å². The van der Waals surface area contributed by atoms with E-state index in [0.717, 1.165) is 122 Å². The van der Waals surface area contributed by atoms with E-state index < -0.39 is 0 Å². The quantitative estimate of drug-likeness (QED) is 0.141. The molecule has 3 heterocycles. The summed E-state index contributed by atoms with van der Waals surface area (Å²) in [6.45, 7) is 0. The molecule has 0 bridgehead atoms. The molecule has 0 atom stereocenters. The number of hydrogen-bond donors (Lipinski definition) is 0. The zero-order valence-electron chi connectivity index (χ0n) is 43.8. The van der Waals surface area contributed by atoms with E-state index in [1.165, 1.54) is 0 Å². The van der Waals surface area contributed by atoms with Crippen molar-refractivity contribution in [2.75, 3.05) is 0 Å².